The molecule has 0 spiro atoms. The van der Waals surface area contributed by atoms with E-state index in [4.69, 9.17) is 5.73 Å². The van der Waals surface area contributed by atoms with Gasteiger partial charge in [0.1, 0.15) is 0 Å². The predicted octanol–water partition coefficient (Wildman–Crippen LogP) is 2.45. The van der Waals surface area contributed by atoms with Gasteiger partial charge in [0, 0.05) is 5.54 Å². The lowest BCUT2D eigenvalue weighted by Crippen LogP contribution is -2.59. The molecule has 0 aliphatic heterocycles. The Labute approximate surface area is 87.9 Å². The van der Waals surface area contributed by atoms with Crippen LogP contribution in [-0.2, 0) is 0 Å². The highest BCUT2D eigenvalue weighted by molar-refractivity contribution is 5.01. The Morgan fingerprint density at radius 2 is 1.86 bits per heavy atom. The zero-order valence-electron chi connectivity index (χ0n) is 9.84. The number of rotatable bonds is 3. The summed E-state index contributed by atoms with van der Waals surface area (Å²) in [6.45, 7) is 6.28. The predicted molar refractivity (Wildman–Crippen MR) is 60.1 cm³/mol. The molecule has 1 aliphatic rings. The van der Waals surface area contributed by atoms with E-state index in [0.29, 0.717) is 0 Å². The first kappa shape index (κ1) is 12.0. The Kier molecular flexibility index (Phi) is 3.59. The van der Waals surface area contributed by atoms with E-state index in [9.17, 15) is 5.11 Å². The second kappa shape index (κ2) is 4.19. The molecule has 2 nitrogen and oxygen atoms in total. The molecular formula is C12H25NO. The van der Waals surface area contributed by atoms with E-state index < -0.39 is 11.1 Å². The SMILES string of the molecule is CCC1CCC(O)(C(C)(N)CC)CC1. The van der Waals surface area contributed by atoms with E-state index in [-0.39, 0.29) is 0 Å². The fourth-order valence-corrected chi connectivity index (χ4v) is 2.46. The third-order valence-corrected chi connectivity index (χ3v) is 4.31. The topological polar surface area (TPSA) is 46.2 Å². The molecular weight excluding hydrogens is 174 g/mol. The van der Waals surface area contributed by atoms with E-state index >= 15 is 0 Å². The molecule has 0 amide bonds. The van der Waals surface area contributed by atoms with Crippen LogP contribution < -0.4 is 5.73 Å². The standard InChI is InChI=1S/C12H25NO/c1-4-10-6-8-12(14,9-7-10)11(3,13)5-2/h10,14H,4-9,13H2,1-3H3. The Hall–Kier alpha value is -0.0800. The minimum Gasteiger partial charge on any atom is -0.388 e. The van der Waals surface area contributed by atoms with Crippen LogP contribution in [0.15, 0.2) is 0 Å². The number of hydrogen-bond donors (Lipinski definition) is 2. The zero-order valence-corrected chi connectivity index (χ0v) is 9.84. The molecule has 84 valence electrons. The van der Waals surface area contributed by atoms with Crippen molar-refractivity contribution in [2.24, 2.45) is 11.7 Å². The molecule has 1 unspecified atom stereocenters. The van der Waals surface area contributed by atoms with E-state index in [1.54, 1.807) is 0 Å². The highest BCUT2D eigenvalue weighted by Crippen LogP contribution is 2.40. The first-order chi connectivity index (χ1) is 6.45. The van der Waals surface area contributed by atoms with Crippen molar-refractivity contribution in [1.82, 2.24) is 0 Å². The molecule has 0 heterocycles. The lowest BCUT2D eigenvalue weighted by molar-refractivity contribution is -0.0690. The van der Waals surface area contributed by atoms with Crippen molar-refractivity contribution < 1.29 is 5.11 Å². The summed E-state index contributed by atoms with van der Waals surface area (Å²) < 4.78 is 0. The molecule has 1 saturated carbocycles. The van der Waals surface area contributed by atoms with Crippen molar-refractivity contribution >= 4 is 0 Å². The van der Waals surface area contributed by atoms with Gasteiger partial charge < -0.3 is 10.8 Å². The van der Waals surface area contributed by atoms with E-state index in [1.807, 2.05) is 6.92 Å². The maximum Gasteiger partial charge on any atom is 0.0823 e. The maximum atomic E-state index is 10.5. The van der Waals surface area contributed by atoms with Gasteiger partial charge in [-0.25, -0.2) is 0 Å². The third kappa shape index (κ3) is 2.12. The van der Waals surface area contributed by atoms with Crippen LogP contribution in [-0.4, -0.2) is 16.2 Å². The lowest BCUT2D eigenvalue weighted by atomic mass is 9.68. The van der Waals surface area contributed by atoms with Crippen LogP contribution in [0, 0.1) is 5.92 Å². The van der Waals surface area contributed by atoms with Crippen LogP contribution in [0.1, 0.15) is 59.3 Å². The van der Waals surface area contributed by atoms with Gasteiger partial charge in [0.25, 0.3) is 0 Å². The average molecular weight is 199 g/mol. The average Bonchev–Trinajstić information content (AvgIpc) is 2.19. The van der Waals surface area contributed by atoms with Crippen LogP contribution in [0.2, 0.25) is 0 Å². The second-order valence-corrected chi connectivity index (χ2v) is 5.15. The van der Waals surface area contributed by atoms with Crippen molar-refractivity contribution in [2.75, 3.05) is 0 Å². The smallest absolute Gasteiger partial charge is 0.0823 e. The Morgan fingerprint density at radius 1 is 1.36 bits per heavy atom. The Morgan fingerprint density at radius 3 is 2.21 bits per heavy atom. The summed E-state index contributed by atoms with van der Waals surface area (Å²) in [5.74, 6) is 0.808. The summed E-state index contributed by atoms with van der Waals surface area (Å²) in [5.41, 5.74) is 5.13. The van der Waals surface area contributed by atoms with Crippen molar-refractivity contribution in [3.63, 3.8) is 0 Å². The first-order valence-corrected chi connectivity index (χ1v) is 5.96. The molecule has 0 radical (unpaired) electrons. The highest BCUT2D eigenvalue weighted by atomic mass is 16.3. The van der Waals surface area contributed by atoms with Crippen molar-refractivity contribution in [1.29, 1.82) is 0 Å². The molecule has 0 aromatic rings. The molecule has 1 rings (SSSR count). The summed E-state index contributed by atoms with van der Waals surface area (Å²) in [6, 6.07) is 0. The van der Waals surface area contributed by atoms with E-state index in [0.717, 1.165) is 38.0 Å². The Bertz CT molecular complexity index is 181. The van der Waals surface area contributed by atoms with E-state index in [2.05, 4.69) is 13.8 Å². The molecule has 0 aromatic heterocycles. The minimum absolute atomic E-state index is 0.411. The maximum absolute atomic E-state index is 10.5. The van der Waals surface area contributed by atoms with Gasteiger partial charge in [-0.3, -0.25) is 0 Å². The third-order valence-electron chi connectivity index (χ3n) is 4.31. The number of nitrogens with two attached hydrogens (primary N) is 1. The van der Waals surface area contributed by atoms with Gasteiger partial charge >= 0.3 is 0 Å². The zero-order chi connectivity index (χ0) is 10.8. The molecule has 0 aromatic carbocycles. The minimum atomic E-state index is -0.618. The fraction of sp³-hybridized carbons (Fsp3) is 1.00. The summed E-state index contributed by atoms with van der Waals surface area (Å²) >= 11 is 0. The molecule has 0 saturated heterocycles. The lowest BCUT2D eigenvalue weighted by Gasteiger charge is -2.46. The summed E-state index contributed by atoms with van der Waals surface area (Å²) in [7, 11) is 0. The van der Waals surface area contributed by atoms with Crippen molar-refractivity contribution in [3.05, 3.63) is 0 Å². The monoisotopic (exact) mass is 199 g/mol. The first-order valence-electron chi connectivity index (χ1n) is 5.96. The van der Waals surface area contributed by atoms with Gasteiger partial charge in [-0.05, 0) is 44.9 Å². The molecule has 14 heavy (non-hydrogen) atoms. The van der Waals surface area contributed by atoms with Crippen molar-refractivity contribution in [3.8, 4) is 0 Å². The van der Waals surface area contributed by atoms with Crippen molar-refractivity contribution in [2.45, 2.75) is 70.4 Å². The van der Waals surface area contributed by atoms with Gasteiger partial charge in [-0.15, -0.1) is 0 Å². The normalized spacial score (nSPS) is 37.9. The van der Waals surface area contributed by atoms with Crippen LogP contribution in [0.3, 0.4) is 0 Å². The molecule has 1 aliphatic carbocycles. The van der Waals surface area contributed by atoms with E-state index in [1.165, 1.54) is 6.42 Å². The summed E-state index contributed by atoms with van der Waals surface area (Å²) in [5, 5.41) is 10.5. The summed E-state index contributed by atoms with van der Waals surface area (Å²) in [4.78, 5) is 0. The molecule has 1 fully saturated rings. The van der Waals surface area contributed by atoms with Gasteiger partial charge in [0.15, 0.2) is 0 Å². The molecule has 0 bridgehead atoms. The number of aliphatic hydroxyl groups is 1. The molecule has 1 atom stereocenters. The fourth-order valence-electron chi connectivity index (χ4n) is 2.46. The van der Waals surface area contributed by atoms with Gasteiger partial charge in [0.2, 0.25) is 0 Å². The van der Waals surface area contributed by atoms with Gasteiger partial charge in [-0.1, -0.05) is 20.3 Å². The Balaban J connectivity index is 2.61. The highest BCUT2D eigenvalue weighted by Gasteiger charge is 2.44. The van der Waals surface area contributed by atoms with Gasteiger partial charge in [-0.2, -0.15) is 0 Å². The number of hydrogen-bond acceptors (Lipinski definition) is 2. The molecule has 3 N–H and O–H groups in total. The van der Waals surface area contributed by atoms with Crippen LogP contribution >= 0.6 is 0 Å². The van der Waals surface area contributed by atoms with Crippen LogP contribution in [0.5, 0.6) is 0 Å². The van der Waals surface area contributed by atoms with Crippen LogP contribution in [0.4, 0.5) is 0 Å². The molecule has 2 heteroatoms. The largest absolute Gasteiger partial charge is 0.388 e. The quantitative estimate of drug-likeness (QED) is 0.733. The van der Waals surface area contributed by atoms with Crippen LogP contribution in [0.25, 0.3) is 0 Å². The van der Waals surface area contributed by atoms with Gasteiger partial charge in [0.05, 0.1) is 5.60 Å². The summed E-state index contributed by atoms with van der Waals surface area (Å²) in [6.07, 6.45) is 6.13. The second-order valence-electron chi connectivity index (χ2n) is 5.15.